The minimum atomic E-state index is -0.411. The number of nitrogens with two attached hydrogens (primary N) is 1. The van der Waals surface area contributed by atoms with Crippen LogP contribution in [0.5, 0.6) is 5.75 Å². The summed E-state index contributed by atoms with van der Waals surface area (Å²) in [4.78, 5) is 5.74. The van der Waals surface area contributed by atoms with Crippen LogP contribution in [0.1, 0.15) is 49.2 Å². The molecular formula is C16H21FN2OS. The van der Waals surface area contributed by atoms with Gasteiger partial charge in [-0.15, -0.1) is 11.3 Å². The van der Waals surface area contributed by atoms with E-state index in [-0.39, 0.29) is 5.82 Å². The molecule has 0 saturated carbocycles. The van der Waals surface area contributed by atoms with Crippen LogP contribution in [0.15, 0.2) is 24.3 Å². The normalized spacial score (nSPS) is 12.0. The molecule has 1 heterocycles. The van der Waals surface area contributed by atoms with Crippen LogP contribution in [0.25, 0.3) is 0 Å². The molecule has 21 heavy (non-hydrogen) atoms. The molecule has 0 unspecified atom stereocenters. The van der Waals surface area contributed by atoms with Crippen molar-refractivity contribution in [2.45, 2.75) is 45.8 Å². The lowest BCUT2D eigenvalue weighted by molar-refractivity contribution is 0.304. The second kappa shape index (κ2) is 6.12. The number of halogens is 1. The number of aromatic nitrogens is 1. The summed E-state index contributed by atoms with van der Waals surface area (Å²) in [7, 11) is 0. The Labute approximate surface area is 129 Å². The van der Waals surface area contributed by atoms with Crippen LogP contribution in [0.2, 0.25) is 0 Å². The molecule has 2 N–H and O–H groups in total. The Balaban J connectivity index is 2.15. The fourth-order valence-electron chi connectivity index (χ4n) is 1.97. The first-order valence-electron chi connectivity index (χ1n) is 6.94. The summed E-state index contributed by atoms with van der Waals surface area (Å²) in [6.45, 7) is 8.55. The molecule has 0 aliphatic carbocycles. The van der Waals surface area contributed by atoms with Gasteiger partial charge in [-0.05, 0) is 44.0 Å². The van der Waals surface area contributed by atoms with Crippen molar-refractivity contribution in [3.05, 3.63) is 45.7 Å². The minimum Gasteiger partial charge on any atom is -0.486 e. The van der Waals surface area contributed by atoms with Gasteiger partial charge in [0.15, 0.2) is 0 Å². The minimum absolute atomic E-state index is 0.272. The molecule has 5 heteroatoms. The molecular weight excluding hydrogens is 287 g/mol. The fraction of sp³-hybridized carbons (Fsp3) is 0.438. The average molecular weight is 308 g/mol. The summed E-state index contributed by atoms with van der Waals surface area (Å²) in [5.41, 5.74) is 6.84. The Morgan fingerprint density at radius 1 is 1.29 bits per heavy atom. The highest BCUT2D eigenvalue weighted by molar-refractivity contribution is 7.11. The van der Waals surface area contributed by atoms with Crippen LogP contribution < -0.4 is 10.5 Å². The van der Waals surface area contributed by atoms with Gasteiger partial charge in [-0.3, -0.25) is 0 Å². The smallest absolute Gasteiger partial charge is 0.140 e. The standard InChI is InChI=1S/C16H21FN2OS/c1-10(2)14-15(16(3,4)18)21-13(19-14)9-20-12-7-5-11(17)6-8-12/h5-8,10H,9,18H2,1-4H3. The molecule has 0 amide bonds. The lowest BCUT2D eigenvalue weighted by Gasteiger charge is -2.19. The fourth-order valence-corrected chi connectivity index (χ4v) is 3.11. The van der Waals surface area contributed by atoms with Crippen molar-refractivity contribution in [1.82, 2.24) is 4.98 Å². The highest BCUT2D eigenvalue weighted by Crippen LogP contribution is 2.33. The summed E-state index contributed by atoms with van der Waals surface area (Å²) in [6, 6.07) is 5.98. The Bertz CT molecular complexity index is 600. The Kier molecular flexibility index (Phi) is 4.64. The topological polar surface area (TPSA) is 48.1 Å². The predicted molar refractivity (Wildman–Crippen MR) is 84.1 cm³/mol. The van der Waals surface area contributed by atoms with Crippen LogP contribution in [0, 0.1) is 5.82 Å². The molecule has 0 radical (unpaired) electrons. The quantitative estimate of drug-likeness (QED) is 0.901. The van der Waals surface area contributed by atoms with Gasteiger partial charge in [0.1, 0.15) is 23.2 Å². The van der Waals surface area contributed by atoms with E-state index in [2.05, 4.69) is 18.8 Å². The molecule has 0 saturated heterocycles. The Morgan fingerprint density at radius 2 is 1.90 bits per heavy atom. The van der Waals surface area contributed by atoms with E-state index in [1.165, 1.54) is 12.1 Å². The Morgan fingerprint density at radius 3 is 2.38 bits per heavy atom. The number of nitrogens with zero attached hydrogens (tertiary/aromatic N) is 1. The molecule has 0 aliphatic rings. The number of thiazole rings is 1. The van der Waals surface area contributed by atoms with Crippen LogP contribution in [0.3, 0.4) is 0 Å². The van der Waals surface area contributed by atoms with Crippen LogP contribution in [0.4, 0.5) is 4.39 Å². The van der Waals surface area contributed by atoms with E-state index < -0.39 is 5.54 Å². The van der Waals surface area contributed by atoms with Gasteiger partial charge in [-0.1, -0.05) is 13.8 Å². The molecule has 2 aromatic rings. The predicted octanol–water partition coefficient (Wildman–Crippen LogP) is 4.18. The molecule has 2 rings (SSSR count). The molecule has 0 bridgehead atoms. The van der Waals surface area contributed by atoms with Gasteiger partial charge in [0.25, 0.3) is 0 Å². The first-order valence-corrected chi connectivity index (χ1v) is 7.76. The number of ether oxygens (including phenoxy) is 1. The number of rotatable bonds is 5. The van der Waals surface area contributed by atoms with Crippen LogP contribution in [-0.2, 0) is 12.1 Å². The van der Waals surface area contributed by atoms with Gasteiger partial charge in [0.2, 0.25) is 0 Å². The summed E-state index contributed by atoms with van der Waals surface area (Å²) in [5.74, 6) is 0.677. The largest absolute Gasteiger partial charge is 0.486 e. The van der Waals surface area contributed by atoms with Crippen LogP contribution in [-0.4, -0.2) is 4.98 Å². The number of hydrogen-bond donors (Lipinski definition) is 1. The van der Waals surface area contributed by atoms with Crippen molar-refractivity contribution in [3.8, 4) is 5.75 Å². The van der Waals surface area contributed by atoms with Crippen LogP contribution >= 0.6 is 11.3 Å². The van der Waals surface area contributed by atoms with E-state index in [0.717, 1.165) is 15.6 Å². The average Bonchev–Trinajstić information content (AvgIpc) is 2.82. The maximum absolute atomic E-state index is 12.8. The molecule has 0 atom stereocenters. The molecule has 0 aliphatic heterocycles. The van der Waals surface area contributed by atoms with Crippen molar-refractivity contribution < 1.29 is 9.13 Å². The zero-order valence-corrected chi connectivity index (χ0v) is 13.6. The van der Waals surface area contributed by atoms with Gasteiger partial charge in [-0.25, -0.2) is 9.37 Å². The summed E-state index contributed by atoms with van der Waals surface area (Å²) in [6.07, 6.45) is 0. The first kappa shape index (κ1) is 15.9. The molecule has 0 spiro atoms. The van der Waals surface area contributed by atoms with Gasteiger partial charge in [0.05, 0.1) is 5.69 Å². The molecule has 0 fully saturated rings. The maximum atomic E-state index is 12.8. The molecule has 1 aromatic heterocycles. The second-order valence-electron chi connectivity index (χ2n) is 5.94. The highest BCUT2D eigenvalue weighted by Gasteiger charge is 2.25. The van der Waals surface area contributed by atoms with Crippen molar-refractivity contribution in [2.24, 2.45) is 5.73 Å². The Hall–Kier alpha value is -1.46. The van der Waals surface area contributed by atoms with Gasteiger partial charge >= 0.3 is 0 Å². The summed E-state index contributed by atoms with van der Waals surface area (Å²) in [5, 5.41) is 0.886. The summed E-state index contributed by atoms with van der Waals surface area (Å²) < 4.78 is 18.5. The van der Waals surface area contributed by atoms with E-state index in [9.17, 15) is 4.39 Å². The van der Waals surface area contributed by atoms with E-state index in [0.29, 0.717) is 18.3 Å². The first-order chi connectivity index (χ1) is 9.77. The number of hydrogen-bond acceptors (Lipinski definition) is 4. The van der Waals surface area contributed by atoms with E-state index in [1.807, 2.05) is 13.8 Å². The zero-order valence-electron chi connectivity index (χ0n) is 12.8. The van der Waals surface area contributed by atoms with Gasteiger partial charge in [-0.2, -0.15) is 0 Å². The van der Waals surface area contributed by atoms with E-state index >= 15 is 0 Å². The zero-order chi connectivity index (χ0) is 15.6. The van der Waals surface area contributed by atoms with Crippen molar-refractivity contribution in [1.29, 1.82) is 0 Å². The van der Waals surface area contributed by atoms with Crippen molar-refractivity contribution >= 4 is 11.3 Å². The van der Waals surface area contributed by atoms with Gasteiger partial charge in [0, 0.05) is 10.4 Å². The molecule has 3 nitrogen and oxygen atoms in total. The maximum Gasteiger partial charge on any atom is 0.140 e. The molecule has 114 valence electrons. The van der Waals surface area contributed by atoms with E-state index in [1.54, 1.807) is 23.5 Å². The second-order valence-corrected chi connectivity index (χ2v) is 7.02. The third-order valence-electron chi connectivity index (χ3n) is 3.01. The van der Waals surface area contributed by atoms with E-state index in [4.69, 9.17) is 10.5 Å². The lowest BCUT2D eigenvalue weighted by atomic mass is 9.98. The molecule has 1 aromatic carbocycles. The van der Waals surface area contributed by atoms with Crippen molar-refractivity contribution in [2.75, 3.05) is 0 Å². The van der Waals surface area contributed by atoms with Crippen molar-refractivity contribution in [3.63, 3.8) is 0 Å². The third kappa shape index (κ3) is 4.02. The third-order valence-corrected chi connectivity index (χ3v) is 4.39. The lowest BCUT2D eigenvalue weighted by Crippen LogP contribution is -2.28. The summed E-state index contributed by atoms with van der Waals surface area (Å²) >= 11 is 1.58. The highest BCUT2D eigenvalue weighted by atomic mass is 32.1. The monoisotopic (exact) mass is 308 g/mol. The SMILES string of the molecule is CC(C)c1nc(COc2ccc(F)cc2)sc1C(C)(C)N. The number of benzene rings is 1. The van der Waals surface area contributed by atoms with Gasteiger partial charge < -0.3 is 10.5 Å².